The number of halogens is 1. The molecule has 0 unspecified atom stereocenters. The van der Waals surface area contributed by atoms with Gasteiger partial charge in [-0.15, -0.1) is 0 Å². The van der Waals surface area contributed by atoms with E-state index in [4.69, 9.17) is 22.6 Å². The minimum absolute atomic E-state index is 0.254. The second kappa shape index (κ2) is 4.22. The first-order chi connectivity index (χ1) is 6.15. The molecule has 1 atom stereocenters. The predicted molar refractivity (Wildman–Crippen MR) is 51.1 cm³/mol. The van der Waals surface area contributed by atoms with Gasteiger partial charge in [-0.3, -0.25) is 0 Å². The maximum atomic E-state index is 8.45. The molecule has 1 aromatic rings. The summed E-state index contributed by atoms with van der Waals surface area (Å²) in [6, 6.07) is 5.30. The highest BCUT2D eigenvalue weighted by Crippen LogP contribution is 2.21. The van der Waals surface area contributed by atoms with Crippen molar-refractivity contribution in [2.24, 2.45) is 5.73 Å². The van der Waals surface area contributed by atoms with Crippen LogP contribution in [0.25, 0.3) is 0 Å². The Morgan fingerprint density at radius 3 is 2.92 bits per heavy atom. The molecule has 0 radical (unpaired) electrons. The SMILES string of the molecule is Cc1ccc([C@H](N)CC#N)c(Cl)n1. The summed E-state index contributed by atoms with van der Waals surface area (Å²) in [5, 5.41) is 8.84. The summed E-state index contributed by atoms with van der Waals surface area (Å²) in [5.41, 5.74) is 7.29. The van der Waals surface area contributed by atoms with Gasteiger partial charge >= 0.3 is 0 Å². The van der Waals surface area contributed by atoms with Gasteiger partial charge in [-0.05, 0) is 13.0 Å². The van der Waals surface area contributed by atoms with E-state index in [-0.39, 0.29) is 12.5 Å². The van der Waals surface area contributed by atoms with Gasteiger partial charge in [-0.1, -0.05) is 17.7 Å². The number of hydrogen-bond donors (Lipinski definition) is 1. The third-order valence-electron chi connectivity index (χ3n) is 1.73. The van der Waals surface area contributed by atoms with E-state index in [1.165, 1.54) is 0 Å². The van der Waals surface area contributed by atoms with E-state index in [1.54, 1.807) is 0 Å². The Labute approximate surface area is 82.1 Å². The molecule has 0 fully saturated rings. The van der Waals surface area contributed by atoms with Crippen LogP contribution in [0.15, 0.2) is 12.1 Å². The Kier molecular flexibility index (Phi) is 3.24. The Morgan fingerprint density at radius 1 is 1.69 bits per heavy atom. The van der Waals surface area contributed by atoms with Crippen molar-refractivity contribution in [3.63, 3.8) is 0 Å². The lowest BCUT2D eigenvalue weighted by Gasteiger charge is -2.09. The summed E-state index contributed by atoms with van der Waals surface area (Å²) in [6.45, 7) is 1.85. The molecule has 68 valence electrons. The average molecular weight is 196 g/mol. The van der Waals surface area contributed by atoms with Crippen LogP contribution in [-0.2, 0) is 0 Å². The van der Waals surface area contributed by atoms with Gasteiger partial charge in [0.15, 0.2) is 0 Å². The molecular weight excluding hydrogens is 186 g/mol. The van der Waals surface area contributed by atoms with Crippen LogP contribution in [0.2, 0.25) is 5.15 Å². The molecule has 0 aliphatic rings. The number of hydrogen-bond acceptors (Lipinski definition) is 3. The highest BCUT2D eigenvalue weighted by molar-refractivity contribution is 6.30. The third kappa shape index (κ3) is 2.41. The summed E-state index contributed by atoms with van der Waals surface area (Å²) in [7, 11) is 0. The smallest absolute Gasteiger partial charge is 0.134 e. The normalized spacial score (nSPS) is 12.2. The van der Waals surface area contributed by atoms with Gasteiger partial charge in [0.2, 0.25) is 0 Å². The minimum Gasteiger partial charge on any atom is -0.323 e. The molecule has 0 aliphatic heterocycles. The molecule has 0 spiro atoms. The van der Waals surface area contributed by atoms with Crippen molar-refractivity contribution in [3.8, 4) is 6.07 Å². The van der Waals surface area contributed by atoms with Crippen molar-refractivity contribution in [1.29, 1.82) is 5.26 Å². The average Bonchev–Trinajstić information content (AvgIpc) is 2.04. The van der Waals surface area contributed by atoms with Crippen LogP contribution in [0.3, 0.4) is 0 Å². The topological polar surface area (TPSA) is 62.7 Å². The van der Waals surface area contributed by atoms with Gasteiger partial charge in [-0.2, -0.15) is 5.26 Å². The van der Waals surface area contributed by atoms with Crippen molar-refractivity contribution in [1.82, 2.24) is 4.98 Å². The second-order valence-electron chi connectivity index (χ2n) is 2.80. The summed E-state index contributed by atoms with van der Waals surface area (Å²) in [5.74, 6) is 0. The molecule has 0 aliphatic carbocycles. The van der Waals surface area contributed by atoms with Crippen LogP contribution in [0, 0.1) is 18.3 Å². The fourth-order valence-corrected chi connectivity index (χ4v) is 1.36. The second-order valence-corrected chi connectivity index (χ2v) is 3.16. The maximum Gasteiger partial charge on any atom is 0.134 e. The van der Waals surface area contributed by atoms with E-state index < -0.39 is 0 Å². The lowest BCUT2D eigenvalue weighted by Crippen LogP contribution is -2.10. The standard InChI is InChI=1S/C9H10ClN3/c1-6-2-3-7(9(10)13-6)8(12)4-5-11/h2-3,8H,4,12H2,1H3/t8-/m1/s1. The van der Waals surface area contributed by atoms with Gasteiger partial charge < -0.3 is 5.73 Å². The molecular formula is C9H10ClN3. The number of aryl methyl sites for hydroxylation is 1. The number of aromatic nitrogens is 1. The summed E-state index contributed by atoms with van der Waals surface area (Å²) < 4.78 is 0. The first kappa shape index (κ1) is 9.97. The first-order valence-corrected chi connectivity index (χ1v) is 4.28. The summed E-state index contributed by atoms with van der Waals surface area (Å²) in [6.07, 6.45) is 0.254. The van der Waals surface area contributed by atoms with Crippen LogP contribution in [0.1, 0.15) is 23.7 Å². The Morgan fingerprint density at radius 2 is 2.38 bits per heavy atom. The van der Waals surface area contributed by atoms with Gasteiger partial charge in [-0.25, -0.2) is 4.98 Å². The zero-order chi connectivity index (χ0) is 9.84. The molecule has 1 aromatic heterocycles. The maximum absolute atomic E-state index is 8.45. The van der Waals surface area contributed by atoms with E-state index in [9.17, 15) is 0 Å². The number of nitriles is 1. The first-order valence-electron chi connectivity index (χ1n) is 3.90. The van der Waals surface area contributed by atoms with E-state index in [0.29, 0.717) is 5.15 Å². The number of nitrogens with zero attached hydrogens (tertiary/aromatic N) is 2. The molecule has 3 nitrogen and oxygen atoms in total. The highest BCUT2D eigenvalue weighted by Gasteiger charge is 2.10. The van der Waals surface area contributed by atoms with Crippen molar-refractivity contribution in [2.75, 3.05) is 0 Å². The summed E-state index contributed by atoms with van der Waals surface area (Å²) in [4.78, 5) is 4.05. The molecule has 0 aromatic carbocycles. The minimum atomic E-state index is -0.342. The molecule has 0 saturated carbocycles. The largest absolute Gasteiger partial charge is 0.323 e. The molecule has 0 saturated heterocycles. The van der Waals surface area contributed by atoms with Crippen LogP contribution in [0.4, 0.5) is 0 Å². The fraction of sp³-hybridized carbons (Fsp3) is 0.333. The molecule has 1 heterocycles. The summed E-state index contributed by atoms with van der Waals surface area (Å²) >= 11 is 5.86. The Balaban J connectivity index is 2.96. The number of rotatable bonds is 2. The van der Waals surface area contributed by atoms with Crippen LogP contribution < -0.4 is 5.73 Å². The van der Waals surface area contributed by atoms with E-state index in [0.717, 1.165) is 11.3 Å². The van der Waals surface area contributed by atoms with Crippen molar-refractivity contribution >= 4 is 11.6 Å². The molecule has 13 heavy (non-hydrogen) atoms. The molecule has 4 heteroatoms. The fourth-order valence-electron chi connectivity index (χ4n) is 1.02. The molecule has 1 rings (SSSR count). The predicted octanol–water partition coefficient (Wildman–Crippen LogP) is 1.96. The van der Waals surface area contributed by atoms with E-state index in [2.05, 4.69) is 4.98 Å². The third-order valence-corrected chi connectivity index (χ3v) is 2.03. The molecule has 0 bridgehead atoms. The number of nitrogens with two attached hydrogens (primary N) is 1. The van der Waals surface area contributed by atoms with Crippen molar-refractivity contribution < 1.29 is 0 Å². The Bertz CT molecular complexity index is 343. The van der Waals surface area contributed by atoms with Crippen molar-refractivity contribution in [3.05, 3.63) is 28.5 Å². The van der Waals surface area contributed by atoms with Crippen molar-refractivity contribution in [2.45, 2.75) is 19.4 Å². The van der Waals surface area contributed by atoms with Crippen LogP contribution >= 0.6 is 11.6 Å². The van der Waals surface area contributed by atoms with Crippen LogP contribution in [-0.4, -0.2) is 4.98 Å². The lowest BCUT2D eigenvalue weighted by molar-refractivity contribution is 0.743. The van der Waals surface area contributed by atoms with Crippen LogP contribution in [0.5, 0.6) is 0 Å². The molecule has 0 amide bonds. The van der Waals surface area contributed by atoms with E-state index in [1.807, 2.05) is 25.1 Å². The Hall–Kier alpha value is -1.11. The van der Waals surface area contributed by atoms with Gasteiger partial charge in [0.1, 0.15) is 5.15 Å². The monoisotopic (exact) mass is 195 g/mol. The quantitative estimate of drug-likeness (QED) is 0.734. The zero-order valence-corrected chi connectivity index (χ0v) is 8.04. The van der Waals surface area contributed by atoms with Gasteiger partial charge in [0.25, 0.3) is 0 Å². The van der Waals surface area contributed by atoms with Gasteiger partial charge in [0.05, 0.1) is 12.5 Å². The van der Waals surface area contributed by atoms with E-state index >= 15 is 0 Å². The van der Waals surface area contributed by atoms with Gasteiger partial charge in [0, 0.05) is 17.3 Å². The molecule has 2 N–H and O–H groups in total. The zero-order valence-electron chi connectivity index (χ0n) is 7.29. The lowest BCUT2D eigenvalue weighted by atomic mass is 10.1. The highest BCUT2D eigenvalue weighted by atomic mass is 35.5. The number of pyridine rings is 1.